The van der Waals surface area contributed by atoms with E-state index in [1.54, 1.807) is 0 Å². The number of nitrogens with one attached hydrogen (secondary N) is 1. The number of hydrogen-bond donors (Lipinski definition) is 2. The first-order valence-electron chi connectivity index (χ1n) is 6.15. The maximum Gasteiger partial charge on any atom is 0.0431 e. The topological polar surface area (TPSA) is 32.3 Å². The zero-order chi connectivity index (χ0) is 11.8. The van der Waals surface area contributed by atoms with Gasteiger partial charge >= 0.3 is 0 Å². The Morgan fingerprint density at radius 1 is 1.12 bits per heavy atom. The van der Waals surface area contributed by atoms with Crippen molar-refractivity contribution in [3.05, 3.63) is 35.4 Å². The summed E-state index contributed by atoms with van der Waals surface area (Å²) in [6, 6.07) is 9.08. The summed E-state index contributed by atoms with van der Waals surface area (Å²) in [5, 5.41) is 12.2. The summed E-state index contributed by atoms with van der Waals surface area (Å²) >= 11 is 0. The summed E-state index contributed by atoms with van der Waals surface area (Å²) in [7, 11) is 0. The summed E-state index contributed by atoms with van der Waals surface area (Å²) in [6.45, 7) is 5.63. The second kappa shape index (κ2) is 7.42. The van der Waals surface area contributed by atoms with E-state index in [2.05, 4.69) is 43.4 Å². The van der Waals surface area contributed by atoms with Crippen LogP contribution in [0.2, 0.25) is 0 Å². The second-order valence-electron chi connectivity index (χ2n) is 4.37. The van der Waals surface area contributed by atoms with E-state index in [9.17, 15) is 0 Å². The first-order valence-corrected chi connectivity index (χ1v) is 6.15. The number of hydrogen-bond acceptors (Lipinski definition) is 2. The van der Waals surface area contributed by atoms with E-state index in [0.717, 1.165) is 25.8 Å². The molecule has 0 amide bonds. The quantitative estimate of drug-likeness (QED) is 0.694. The Balaban J connectivity index is 2.24. The Morgan fingerprint density at radius 2 is 1.81 bits per heavy atom. The minimum Gasteiger partial charge on any atom is -0.396 e. The van der Waals surface area contributed by atoms with E-state index in [4.69, 9.17) is 5.11 Å². The van der Waals surface area contributed by atoms with Crippen LogP contribution in [-0.2, 0) is 0 Å². The van der Waals surface area contributed by atoms with Gasteiger partial charge < -0.3 is 10.4 Å². The Labute approximate surface area is 98.7 Å². The molecule has 0 fully saturated rings. The third kappa shape index (κ3) is 4.77. The molecule has 0 aliphatic rings. The van der Waals surface area contributed by atoms with Crippen LogP contribution in [0.25, 0.3) is 0 Å². The van der Waals surface area contributed by atoms with Crippen LogP contribution >= 0.6 is 0 Å². The summed E-state index contributed by atoms with van der Waals surface area (Å²) in [5.74, 6) is 0. The molecule has 0 aromatic heterocycles. The monoisotopic (exact) mass is 221 g/mol. The lowest BCUT2D eigenvalue weighted by Gasteiger charge is -2.14. The number of benzene rings is 1. The molecule has 1 aromatic carbocycles. The number of aryl methyl sites for hydroxylation is 1. The molecule has 0 spiro atoms. The highest BCUT2D eigenvalue weighted by molar-refractivity contribution is 5.23. The third-order valence-corrected chi connectivity index (χ3v) is 2.86. The first-order chi connectivity index (χ1) is 7.74. The predicted octanol–water partition coefficient (Wildman–Crippen LogP) is 2.81. The van der Waals surface area contributed by atoms with Gasteiger partial charge in [0.15, 0.2) is 0 Å². The maximum atomic E-state index is 8.66. The maximum absolute atomic E-state index is 8.66. The average Bonchev–Trinajstić information content (AvgIpc) is 2.29. The van der Waals surface area contributed by atoms with E-state index in [1.807, 2.05) is 0 Å². The standard InChI is InChI=1S/C14H23NO/c1-12-6-8-14(9-7-12)13(2)15-10-4-3-5-11-16/h6-9,13,15-16H,3-5,10-11H2,1-2H3/t13-/m0/s1. The van der Waals surface area contributed by atoms with Crippen molar-refractivity contribution in [1.29, 1.82) is 0 Å². The largest absolute Gasteiger partial charge is 0.396 e. The minimum atomic E-state index is 0.313. The van der Waals surface area contributed by atoms with Crippen molar-refractivity contribution in [2.24, 2.45) is 0 Å². The SMILES string of the molecule is Cc1ccc([C@H](C)NCCCCCO)cc1. The molecule has 0 radical (unpaired) electrons. The molecule has 0 bridgehead atoms. The van der Waals surface area contributed by atoms with Crippen molar-refractivity contribution in [1.82, 2.24) is 5.32 Å². The lowest BCUT2D eigenvalue weighted by Crippen LogP contribution is -2.19. The smallest absolute Gasteiger partial charge is 0.0431 e. The number of unbranched alkanes of at least 4 members (excludes halogenated alkanes) is 2. The van der Waals surface area contributed by atoms with Crippen LogP contribution in [0, 0.1) is 6.92 Å². The molecule has 2 N–H and O–H groups in total. The molecule has 1 rings (SSSR count). The third-order valence-electron chi connectivity index (χ3n) is 2.86. The van der Waals surface area contributed by atoms with Crippen molar-refractivity contribution in [3.63, 3.8) is 0 Å². The fourth-order valence-electron chi connectivity index (χ4n) is 1.71. The summed E-state index contributed by atoms with van der Waals surface area (Å²) < 4.78 is 0. The zero-order valence-electron chi connectivity index (χ0n) is 10.4. The second-order valence-corrected chi connectivity index (χ2v) is 4.37. The molecule has 1 atom stereocenters. The normalized spacial score (nSPS) is 12.7. The van der Waals surface area contributed by atoms with Crippen molar-refractivity contribution < 1.29 is 5.11 Å². The van der Waals surface area contributed by atoms with Crippen LogP contribution in [0.3, 0.4) is 0 Å². The minimum absolute atomic E-state index is 0.313. The Hall–Kier alpha value is -0.860. The molecule has 2 nitrogen and oxygen atoms in total. The van der Waals surface area contributed by atoms with Crippen LogP contribution in [0.1, 0.15) is 43.4 Å². The van der Waals surface area contributed by atoms with Gasteiger partial charge in [0.1, 0.15) is 0 Å². The van der Waals surface area contributed by atoms with Gasteiger partial charge in [-0.3, -0.25) is 0 Å². The van der Waals surface area contributed by atoms with Gasteiger partial charge in [0.05, 0.1) is 0 Å². The molecule has 0 heterocycles. The van der Waals surface area contributed by atoms with E-state index in [1.165, 1.54) is 11.1 Å². The summed E-state index contributed by atoms with van der Waals surface area (Å²) in [4.78, 5) is 0. The van der Waals surface area contributed by atoms with Gasteiger partial charge in [-0.05, 0) is 45.2 Å². The molecule has 1 aromatic rings. The van der Waals surface area contributed by atoms with E-state index >= 15 is 0 Å². The molecule has 0 aliphatic heterocycles. The molecule has 0 saturated heterocycles. The van der Waals surface area contributed by atoms with E-state index in [-0.39, 0.29) is 0 Å². The molecular weight excluding hydrogens is 198 g/mol. The van der Waals surface area contributed by atoms with Gasteiger partial charge in [-0.15, -0.1) is 0 Å². The molecule has 16 heavy (non-hydrogen) atoms. The predicted molar refractivity (Wildman–Crippen MR) is 68.5 cm³/mol. The Bertz CT molecular complexity index is 281. The van der Waals surface area contributed by atoms with Gasteiger partial charge in [0.2, 0.25) is 0 Å². The highest BCUT2D eigenvalue weighted by Crippen LogP contribution is 2.12. The van der Waals surface area contributed by atoms with Gasteiger partial charge in [0.25, 0.3) is 0 Å². The van der Waals surface area contributed by atoms with Crippen LogP contribution < -0.4 is 5.32 Å². The van der Waals surface area contributed by atoms with Crippen LogP contribution in [0.15, 0.2) is 24.3 Å². The molecule has 90 valence electrons. The molecular formula is C14H23NO. The van der Waals surface area contributed by atoms with Crippen LogP contribution in [0.4, 0.5) is 0 Å². The molecule has 0 saturated carbocycles. The fraction of sp³-hybridized carbons (Fsp3) is 0.571. The lowest BCUT2D eigenvalue weighted by atomic mass is 10.1. The summed E-state index contributed by atoms with van der Waals surface area (Å²) in [5.41, 5.74) is 2.65. The Morgan fingerprint density at radius 3 is 2.44 bits per heavy atom. The number of aliphatic hydroxyl groups excluding tert-OH is 1. The van der Waals surface area contributed by atoms with Gasteiger partial charge in [-0.1, -0.05) is 29.8 Å². The van der Waals surface area contributed by atoms with Crippen molar-refractivity contribution in [2.45, 2.75) is 39.2 Å². The van der Waals surface area contributed by atoms with Gasteiger partial charge in [0, 0.05) is 12.6 Å². The Kier molecular flexibility index (Phi) is 6.12. The summed E-state index contributed by atoms with van der Waals surface area (Å²) in [6.07, 6.45) is 3.15. The van der Waals surface area contributed by atoms with E-state index < -0.39 is 0 Å². The highest BCUT2D eigenvalue weighted by atomic mass is 16.2. The molecule has 0 unspecified atom stereocenters. The first kappa shape index (κ1) is 13.2. The van der Waals surface area contributed by atoms with Crippen molar-refractivity contribution in [3.8, 4) is 0 Å². The van der Waals surface area contributed by atoms with Crippen molar-refractivity contribution in [2.75, 3.05) is 13.2 Å². The zero-order valence-corrected chi connectivity index (χ0v) is 10.4. The van der Waals surface area contributed by atoms with Crippen molar-refractivity contribution >= 4 is 0 Å². The highest BCUT2D eigenvalue weighted by Gasteiger charge is 2.02. The average molecular weight is 221 g/mol. The fourth-order valence-corrected chi connectivity index (χ4v) is 1.71. The number of aliphatic hydroxyl groups is 1. The molecule has 2 heteroatoms. The van der Waals surface area contributed by atoms with E-state index in [0.29, 0.717) is 12.6 Å². The molecule has 0 aliphatic carbocycles. The lowest BCUT2D eigenvalue weighted by molar-refractivity contribution is 0.282. The number of rotatable bonds is 7. The van der Waals surface area contributed by atoms with Gasteiger partial charge in [-0.2, -0.15) is 0 Å². The van der Waals surface area contributed by atoms with Crippen LogP contribution in [0.5, 0.6) is 0 Å². The van der Waals surface area contributed by atoms with Gasteiger partial charge in [-0.25, -0.2) is 0 Å². The van der Waals surface area contributed by atoms with Crippen LogP contribution in [-0.4, -0.2) is 18.3 Å².